The summed E-state index contributed by atoms with van der Waals surface area (Å²) >= 11 is 0. The number of carbonyl (C=O) groups excluding carboxylic acids is 5. The van der Waals surface area contributed by atoms with E-state index in [2.05, 4.69) is 56.4 Å². The second-order valence-corrected chi connectivity index (χ2v) is 25.8. The van der Waals surface area contributed by atoms with Gasteiger partial charge < -0.3 is 30.1 Å². The van der Waals surface area contributed by atoms with Gasteiger partial charge in [-0.25, -0.2) is 39.0 Å². The van der Waals surface area contributed by atoms with E-state index in [-0.39, 0.29) is 116 Å². The Hall–Kier alpha value is -13.2. The number of aromatic carboxylic acids is 1. The number of carbonyl (C=O) groups is 6. The van der Waals surface area contributed by atoms with E-state index >= 15 is 0 Å². The minimum atomic E-state index is -4.76. The van der Waals surface area contributed by atoms with E-state index in [4.69, 9.17) is 5.11 Å². The van der Waals surface area contributed by atoms with Crippen molar-refractivity contribution in [1.29, 1.82) is 0 Å². The largest absolute Gasteiger partial charge is 0.485 e. The van der Waals surface area contributed by atoms with Crippen molar-refractivity contribution in [3.8, 4) is 0 Å². The quantitative estimate of drug-likeness (QED) is 0.0380. The van der Waals surface area contributed by atoms with Crippen molar-refractivity contribution < 1.29 is 82.5 Å². The molecule has 0 unspecified atom stereocenters. The molecular formula is C75H67F9N18O10+2. The first-order chi connectivity index (χ1) is 53.4. The molecule has 0 atom stereocenters. The van der Waals surface area contributed by atoms with Crippen LogP contribution in [0.3, 0.4) is 0 Å². The number of ketones is 1. The maximum atomic E-state index is 13.5. The highest BCUT2D eigenvalue weighted by Gasteiger charge is 2.51. The average molecular weight is 1550 g/mol. The number of halogens is 9. The van der Waals surface area contributed by atoms with Crippen LogP contribution in [0, 0.1) is 0 Å². The van der Waals surface area contributed by atoms with Crippen LogP contribution in [-0.2, 0) is 77.1 Å². The summed E-state index contributed by atoms with van der Waals surface area (Å²) in [5.41, 5.74) is 4.75. The number of H-pyrrole nitrogens is 3. The molecule has 12 aromatic rings. The van der Waals surface area contributed by atoms with Gasteiger partial charge in [-0.3, -0.25) is 33.6 Å². The summed E-state index contributed by atoms with van der Waals surface area (Å²) in [6.45, 7) is 3.35. The molecule has 0 aliphatic carbocycles. The first kappa shape index (κ1) is 78.4. The van der Waals surface area contributed by atoms with Crippen LogP contribution in [0.15, 0.2) is 160 Å². The van der Waals surface area contributed by atoms with Crippen molar-refractivity contribution in [2.24, 2.45) is 0 Å². The van der Waals surface area contributed by atoms with Crippen LogP contribution in [0.4, 0.5) is 44.3 Å². The number of carboxylic acid groups (broad SMARTS) is 1. The van der Waals surface area contributed by atoms with E-state index in [1.807, 2.05) is 42.5 Å². The molecule has 0 fully saturated rings. The summed E-state index contributed by atoms with van der Waals surface area (Å²) in [5.74, 6) is -6.03. The Morgan fingerprint density at radius 1 is 0.509 bits per heavy atom. The summed E-state index contributed by atoms with van der Waals surface area (Å²) in [4.78, 5) is 116. The number of nitrogens with one attached hydrogen (secondary N) is 5. The number of Topliss-reactive ketones (excluding diaryl/α,β-unsaturated/α-hetero) is 1. The van der Waals surface area contributed by atoms with Crippen LogP contribution in [0.5, 0.6) is 0 Å². The number of amides is 3. The summed E-state index contributed by atoms with van der Waals surface area (Å²) in [5, 5.41) is 44.9. The molecule has 0 saturated carbocycles. The third kappa shape index (κ3) is 16.8. The van der Waals surface area contributed by atoms with Gasteiger partial charge in [0.2, 0.25) is 5.82 Å². The zero-order valence-electron chi connectivity index (χ0n) is 59.6. The maximum Gasteiger partial charge on any atom is 0.485 e. The summed E-state index contributed by atoms with van der Waals surface area (Å²) in [7, 11) is 1.28. The van der Waals surface area contributed by atoms with Crippen LogP contribution >= 0.6 is 0 Å². The number of aromatic nitrogens is 14. The lowest BCUT2D eigenvalue weighted by atomic mass is 10.0. The fraction of sp³-hybridized carbons (Fsp3) is 0.267. The van der Waals surface area contributed by atoms with Gasteiger partial charge >= 0.3 is 48.1 Å². The Morgan fingerprint density at radius 3 is 1.30 bits per heavy atom. The van der Waals surface area contributed by atoms with Crippen LogP contribution in [0.2, 0.25) is 0 Å². The zero-order valence-corrected chi connectivity index (χ0v) is 59.6. The van der Waals surface area contributed by atoms with E-state index < -0.39 is 59.8 Å². The van der Waals surface area contributed by atoms with Crippen molar-refractivity contribution >= 4 is 67.8 Å². The van der Waals surface area contributed by atoms with Crippen LogP contribution < -0.4 is 36.4 Å². The van der Waals surface area contributed by atoms with Gasteiger partial charge in [-0.15, -0.1) is 0 Å². The highest BCUT2D eigenvalue weighted by molar-refractivity contribution is 5.96. The van der Waals surface area contributed by atoms with Gasteiger partial charge in [0.05, 0.1) is 80.9 Å². The summed E-state index contributed by atoms with van der Waals surface area (Å²) in [6, 6.07) is 41.0. The smallest absolute Gasteiger partial charge is 0.478 e. The van der Waals surface area contributed by atoms with Gasteiger partial charge in [-0.2, -0.15) is 54.8 Å². The molecule has 578 valence electrons. The van der Waals surface area contributed by atoms with Gasteiger partial charge in [0, 0.05) is 86.1 Å². The Morgan fingerprint density at radius 2 is 0.911 bits per heavy atom. The maximum absolute atomic E-state index is 13.5. The minimum absolute atomic E-state index is 0.00929. The van der Waals surface area contributed by atoms with Crippen molar-refractivity contribution in [1.82, 2.24) is 80.1 Å². The van der Waals surface area contributed by atoms with Gasteiger partial charge in [-0.1, -0.05) is 105 Å². The van der Waals surface area contributed by atoms with Gasteiger partial charge in [-0.05, 0) is 80.7 Å². The third-order valence-corrected chi connectivity index (χ3v) is 18.6. The molecule has 0 spiro atoms. The molecule has 6 N–H and O–H groups in total. The molecule has 6 aromatic heterocycles. The van der Waals surface area contributed by atoms with Crippen molar-refractivity contribution in [3.63, 3.8) is 0 Å². The van der Waals surface area contributed by atoms with Crippen molar-refractivity contribution in [2.75, 3.05) is 26.7 Å². The summed E-state index contributed by atoms with van der Waals surface area (Å²) < 4.78 is 124. The molecular weight excluding hydrogens is 1480 g/mol. The summed E-state index contributed by atoms with van der Waals surface area (Å²) in [6.07, 6.45) is -12.7. The fourth-order valence-electron chi connectivity index (χ4n) is 13.2. The molecule has 28 nitrogen and oxygen atoms in total. The molecule has 37 heteroatoms. The lowest BCUT2D eigenvalue weighted by Crippen LogP contribution is -2.55. The minimum Gasteiger partial charge on any atom is -0.478 e. The number of nitrogens with zero attached hydrogens (tertiary/aromatic N) is 13. The monoisotopic (exact) mass is 1550 g/mol. The molecule has 3 amide bonds. The second kappa shape index (κ2) is 32.5. The molecule has 3 aliphatic heterocycles. The molecule has 15 rings (SSSR count). The number of alkyl halides is 9. The average Bonchev–Trinajstić information content (AvgIpc) is 1.62. The topological polar surface area (TPSA) is 352 Å². The van der Waals surface area contributed by atoms with E-state index in [9.17, 15) is 82.7 Å². The number of carboxylic acids is 1. The predicted molar refractivity (Wildman–Crippen MR) is 380 cm³/mol. The molecule has 0 radical (unpaired) electrons. The standard InChI is InChI=1S/C25H21F3N6O3.C24H20F3N7O3.C16H12N2O3.C10H12F3N3O/c1-2-21(35)34-20-14-32(10-11-33(20)24(31-34)25(26,27)28)23(37)16-7-5-6-15(12-16)13-19-17-8-3-4-9-18(17)22(36)30-29-19;1-28-23(37)34-19-13-32(9-10-33(19)22(31-34)24(25,26)27)21(36)15-6-4-5-14(11-15)12-18-16-7-2-3-8-17(16)20(35)30-29-18;19-15-13-7-2-1-6-12(13)14(17-18-15)9-10-4-3-5-11(8-10)16(20)21;1-2-7(17)8-6-5-14-3-4-16(6)9(15-8)10(11,12)13/h3-9,12H,2,10-11,13-14H2,1H3;2-8,11H,9-10,12-13H2,1H3,(H-,28,30,35,37);1-8H,9H2,(H,18,19)(H,20,21);14H,2-5H2,1H3/p+2. The highest BCUT2D eigenvalue weighted by Crippen LogP contribution is 2.33. The number of rotatable bonds is 12. The van der Waals surface area contributed by atoms with Gasteiger partial charge in [0.15, 0.2) is 5.78 Å². The van der Waals surface area contributed by atoms with Crippen LogP contribution in [-0.4, -0.2) is 137 Å². The van der Waals surface area contributed by atoms with Crippen molar-refractivity contribution in [2.45, 2.75) is 104 Å². The van der Waals surface area contributed by atoms with E-state index in [1.54, 1.807) is 110 Å². The third-order valence-electron chi connectivity index (χ3n) is 18.6. The van der Waals surface area contributed by atoms with E-state index in [0.29, 0.717) is 91.3 Å². The Bertz CT molecular complexity index is 5630. The molecule has 6 aromatic carbocycles. The molecule has 0 saturated heterocycles. The van der Waals surface area contributed by atoms with E-state index in [1.165, 1.54) is 23.8 Å². The molecule has 0 bridgehead atoms. The Kier molecular flexibility index (Phi) is 22.8. The number of benzene rings is 6. The van der Waals surface area contributed by atoms with Crippen molar-refractivity contribution in [3.05, 3.63) is 268 Å². The van der Waals surface area contributed by atoms with Gasteiger partial charge in [0.1, 0.15) is 18.8 Å². The Balaban J connectivity index is 0.000000145. The number of imidazole rings is 1. The van der Waals surface area contributed by atoms with Gasteiger partial charge in [0.25, 0.3) is 40.1 Å². The zero-order chi connectivity index (χ0) is 80.1. The lowest BCUT2D eigenvalue weighted by Gasteiger charge is -2.25. The van der Waals surface area contributed by atoms with Crippen LogP contribution in [0.25, 0.3) is 32.3 Å². The first-order valence-corrected chi connectivity index (χ1v) is 34.8. The molecule has 3 aliphatic rings. The number of fused-ring (bicyclic) bond motifs is 6. The molecule has 9 heterocycles. The fourth-order valence-corrected chi connectivity index (χ4v) is 13.2. The second-order valence-electron chi connectivity index (χ2n) is 25.8. The SMILES string of the molecule is CCC(=O)c1nc(C(F)(F)F)n2c1CNCC2.CCC(=O)n1nc(C(F)(F)F)[n+]2c1CN(C(=O)c1cccc(Cc3n[nH]c(=O)c4ccccc34)c1)CC2.CNC(=O)n1nc(C(F)(F)F)[n+]2c1CN(C(=O)c1cccc(Cc3n[nH]c(=O)c4ccccc34)c1)CC2.O=C(O)c1cccc(Cc2n[nH]c(=O)c3ccccc23)c1. The Labute approximate surface area is 626 Å². The highest BCUT2D eigenvalue weighted by atomic mass is 19.4. The number of hydrogen-bond acceptors (Lipinski definition) is 16. The van der Waals surface area contributed by atoms with Crippen LogP contribution in [0.1, 0.15) is 142 Å². The first-order valence-electron chi connectivity index (χ1n) is 34.8. The normalized spacial score (nSPS) is 13.3. The predicted octanol–water partition coefficient (Wildman–Crippen LogP) is 8.39. The number of aromatic amines is 3. The number of hydrogen-bond donors (Lipinski definition) is 6. The molecule has 112 heavy (non-hydrogen) atoms. The lowest BCUT2D eigenvalue weighted by molar-refractivity contribution is -0.728. The van der Waals surface area contributed by atoms with E-state index in [0.717, 1.165) is 40.5 Å².